The van der Waals surface area contributed by atoms with Crippen molar-refractivity contribution in [2.45, 2.75) is 0 Å². The fourth-order valence-corrected chi connectivity index (χ4v) is 2.95. The Kier molecular flexibility index (Phi) is 4.07. The lowest BCUT2D eigenvalue weighted by Gasteiger charge is -2.07. The van der Waals surface area contributed by atoms with E-state index >= 15 is 0 Å². The molecular weight excluding hydrogens is 352 g/mol. The van der Waals surface area contributed by atoms with Gasteiger partial charge >= 0.3 is 0 Å². The van der Waals surface area contributed by atoms with E-state index in [9.17, 15) is 9.59 Å². The number of halogens is 1. The first kappa shape index (κ1) is 16.2. The van der Waals surface area contributed by atoms with Crippen LogP contribution in [-0.4, -0.2) is 11.8 Å². The summed E-state index contributed by atoms with van der Waals surface area (Å²) in [6.45, 7) is 0. The van der Waals surface area contributed by atoms with E-state index in [1.54, 1.807) is 60.7 Å². The number of fused-ring (bicyclic) bond motifs is 1. The van der Waals surface area contributed by atoms with E-state index in [0.717, 1.165) is 0 Å². The molecule has 0 atom stereocenters. The Morgan fingerprint density at radius 2 is 2.00 bits per heavy atom. The molecule has 0 unspecified atom stereocenters. The summed E-state index contributed by atoms with van der Waals surface area (Å²) in [5, 5.41) is 6.12. The molecule has 2 amide bonds. The molecule has 0 aliphatic carbocycles. The van der Waals surface area contributed by atoms with Crippen LogP contribution in [-0.2, 0) is 4.79 Å². The second-order valence-electron chi connectivity index (χ2n) is 5.75. The quantitative estimate of drug-likeness (QED) is 0.663. The molecule has 0 bridgehead atoms. The van der Waals surface area contributed by atoms with Gasteiger partial charge in [0.05, 0.1) is 11.8 Å². The molecule has 6 heteroatoms. The summed E-state index contributed by atoms with van der Waals surface area (Å²) >= 11 is 5.94. The third kappa shape index (κ3) is 3.12. The van der Waals surface area contributed by atoms with E-state index in [-0.39, 0.29) is 11.8 Å². The summed E-state index contributed by atoms with van der Waals surface area (Å²) in [5.41, 5.74) is 2.80. The number of amides is 2. The number of anilines is 2. The van der Waals surface area contributed by atoms with Gasteiger partial charge in [0, 0.05) is 27.5 Å². The van der Waals surface area contributed by atoms with Gasteiger partial charge in [-0.15, -0.1) is 0 Å². The molecular formula is C20H13ClN2O3. The number of nitrogens with one attached hydrogen (secondary N) is 2. The SMILES string of the molecule is O=C1Nc2ccc(C(=O)Nc3cccc(Cl)c3)cc2C1=Cc1ccco1. The van der Waals surface area contributed by atoms with Gasteiger partial charge in [0.1, 0.15) is 5.76 Å². The first-order valence-electron chi connectivity index (χ1n) is 7.88. The molecule has 0 saturated carbocycles. The average Bonchev–Trinajstić information content (AvgIpc) is 3.23. The third-order valence-corrected chi connectivity index (χ3v) is 4.21. The molecule has 3 aromatic rings. The van der Waals surface area contributed by atoms with Gasteiger partial charge < -0.3 is 15.1 Å². The predicted molar refractivity (Wildman–Crippen MR) is 101 cm³/mol. The van der Waals surface area contributed by atoms with E-state index in [0.29, 0.717) is 38.9 Å². The van der Waals surface area contributed by atoms with Crippen LogP contribution in [0.4, 0.5) is 11.4 Å². The van der Waals surface area contributed by atoms with Gasteiger partial charge in [-0.1, -0.05) is 17.7 Å². The Morgan fingerprint density at radius 3 is 2.77 bits per heavy atom. The van der Waals surface area contributed by atoms with Crippen LogP contribution in [0.2, 0.25) is 5.02 Å². The zero-order valence-corrected chi connectivity index (χ0v) is 14.2. The van der Waals surface area contributed by atoms with Gasteiger partial charge in [-0.25, -0.2) is 0 Å². The largest absolute Gasteiger partial charge is 0.465 e. The number of carbonyl (C=O) groups is 2. The van der Waals surface area contributed by atoms with E-state index in [2.05, 4.69) is 10.6 Å². The molecule has 1 aromatic heterocycles. The molecule has 5 nitrogen and oxygen atoms in total. The van der Waals surface area contributed by atoms with Crippen LogP contribution < -0.4 is 10.6 Å². The number of hydrogen-bond donors (Lipinski definition) is 2. The Labute approximate surface area is 154 Å². The second-order valence-corrected chi connectivity index (χ2v) is 6.19. The van der Waals surface area contributed by atoms with E-state index in [1.165, 1.54) is 6.26 Å². The smallest absolute Gasteiger partial charge is 0.256 e. The Balaban J connectivity index is 1.65. The van der Waals surface area contributed by atoms with Crippen LogP contribution in [0.5, 0.6) is 0 Å². The first-order valence-corrected chi connectivity index (χ1v) is 8.26. The molecule has 1 aliphatic rings. The molecule has 2 N–H and O–H groups in total. The van der Waals surface area contributed by atoms with Crippen LogP contribution >= 0.6 is 11.6 Å². The van der Waals surface area contributed by atoms with Crippen LogP contribution in [0.1, 0.15) is 21.7 Å². The van der Waals surface area contributed by atoms with Crippen molar-refractivity contribution in [1.29, 1.82) is 0 Å². The topological polar surface area (TPSA) is 71.3 Å². The lowest BCUT2D eigenvalue weighted by atomic mass is 10.0. The number of furan rings is 1. The number of rotatable bonds is 3. The van der Waals surface area contributed by atoms with E-state index in [4.69, 9.17) is 16.0 Å². The summed E-state index contributed by atoms with van der Waals surface area (Å²) in [7, 11) is 0. The van der Waals surface area contributed by atoms with Crippen molar-refractivity contribution in [3.63, 3.8) is 0 Å². The maximum Gasteiger partial charge on any atom is 0.256 e. The van der Waals surface area contributed by atoms with Crippen molar-refractivity contribution in [2.24, 2.45) is 0 Å². The maximum atomic E-state index is 12.5. The predicted octanol–water partition coefficient (Wildman–Crippen LogP) is 4.68. The average molecular weight is 365 g/mol. The molecule has 0 spiro atoms. The van der Waals surface area contributed by atoms with Gasteiger partial charge in [-0.05, 0) is 54.6 Å². The van der Waals surface area contributed by atoms with Crippen LogP contribution in [0.25, 0.3) is 11.6 Å². The molecule has 1 aliphatic heterocycles. The van der Waals surface area contributed by atoms with Crippen LogP contribution in [0.3, 0.4) is 0 Å². The normalized spacial score (nSPS) is 14.2. The van der Waals surface area contributed by atoms with Crippen molar-refractivity contribution < 1.29 is 14.0 Å². The highest BCUT2D eigenvalue weighted by Gasteiger charge is 2.25. The lowest BCUT2D eigenvalue weighted by Crippen LogP contribution is -2.11. The fraction of sp³-hybridized carbons (Fsp3) is 0. The number of benzene rings is 2. The van der Waals surface area contributed by atoms with Crippen molar-refractivity contribution >= 4 is 46.4 Å². The zero-order chi connectivity index (χ0) is 18.1. The molecule has 0 radical (unpaired) electrons. The summed E-state index contributed by atoms with van der Waals surface area (Å²) in [6.07, 6.45) is 3.19. The Morgan fingerprint density at radius 1 is 1.12 bits per heavy atom. The molecule has 2 heterocycles. The molecule has 0 saturated heterocycles. The molecule has 26 heavy (non-hydrogen) atoms. The molecule has 4 rings (SSSR count). The zero-order valence-electron chi connectivity index (χ0n) is 13.5. The summed E-state index contributed by atoms with van der Waals surface area (Å²) in [6, 6.07) is 15.5. The molecule has 0 fully saturated rings. The fourth-order valence-electron chi connectivity index (χ4n) is 2.76. The Bertz CT molecular complexity index is 1040. The highest BCUT2D eigenvalue weighted by atomic mass is 35.5. The number of hydrogen-bond acceptors (Lipinski definition) is 3. The van der Waals surface area contributed by atoms with Crippen molar-refractivity contribution in [2.75, 3.05) is 10.6 Å². The molecule has 2 aromatic carbocycles. The van der Waals surface area contributed by atoms with Gasteiger partial charge in [-0.3, -0.25) is 9.59 Å². The highest BCUT2D eigenvalue weighted by Crippen LogP contribution is 2.34. The molecule has 128 valence electrons. The standard InChI is InChI=1S/C20H13ClN2O3/c21-13-3-1-4-14(10-13)22-19(24)12-6-7-18-16(9-12)17(20(25)23-18)11-15-5-2-8-26-15/h1-11H,(H,22,24)(H,23,25). The second kappa shape index (κ2) is 6.54. The van der Waals surface area contributed by atoms with Crippen molar-refractivity contribution in [3.8, 4) is 0 Å². The van der Waals surface area contributed by atoms with Crippen molar-refractivity contribution in [1.82, 2.24) is 0 Å². The summed E-state index contributed by atoms with van der Waals surface area (Å²) < 4.78 is 5.28. The summed E-state index contributed by atoms with van der Waals surface area (Å²) in [4.78, 5) is 24.8. The monoisotopic (exact) mass is 364 g/mol. The van der Waals surface area contributed by atoms with Crippen molar-refractivity contribution in [3.05, 3.63) is 82.8 Å². The maximum absolute atomic E-state index is 12.5. The lowest BCUT2D eigenvalue weighted by molar-refractivity contribution is -0.110. The van der Waals surface area contributed by atoms with Crippen LogP contribution in [0, 0.1) is 0 Å². The van der Waals surface area contributed by atoms with E-state index in [1.807, 2.05) is 0 Å². The van der Waals surface area contributed by atoms with E-state index < -0.39 is 0 Å². The van der Waals surface area contributed by atoms with Crippen LogP contribution in [0.15, 0.2) is 65.3 Å². The minimum absolute atomic E-state index is 0.233. The van der Waals surface area contributed by atoms with Gasteiger partial charge in [0.15, 0.2) is 0 Å². The van der Waals surface area contributed by atoms with Gasteiger partial charge in [0.2, 0.25) is 0 Å². The third-order valence-electron chi connectivity index (χ3n) is 3.98. The minimum atomic E-state index is -0.285. The summed E-state index contributed by atoms with van der Waals surface area (Å²) in [5.74, 6) is 0.0485. The Hall–Kier alpha value is -3.31. The van der Waals surface area contributed by atoms with Gasteiger partial charge in [-0.2, -0.15) is 0 Å². The van der Waals surface area contributed by atoms with Gasteiger partial charge in [0.25, 0.3) is 11.8 Å². The first-order chi connectivity index (χ1) is 12.6. The minimum Gasteiger partial charge on any atom is -0.465 e. The highest BCUT2D eigenvalue weighted by molar-refractivity contribution is 6.35. The number of carbonyl (C=O) groups excluding carboxylic acids is 2.